The van der Waals surface area contributed by atoms with Crippen molar-refractivity contribution in [1.29, 1.82) is 0 Å². The van der Waals surface area contributed by atoms with Gasteiger partial charge in [0.15, 0.2) is 0 Å². The summed E-state index contributed by atoms with van der Waals surface area (Å²) in [5.41, 5.74) is -2.95. The molecule has 126 valence electrons. The molecule has 0 unspecified atom stereocenters. The molecule has 0 saturated heterocycles. The zero-order valence-electron chi connectivity index (χ0n) is 13.4. The highest BCUT2D eigenvalue weighted by Crippen LogP contribution is 2.42. The van der Waals surface area contributed by atoms with Crippen LogP contribution in [0.25, 0.3) is 0 Å². The third-order valence-corrected chi connectivity index (χ3v) is 3.26. The van der Waals surface area contributed by atoms with Gasteiger partial charge >= 0.3 is 6.16 Å². The van der Waals surface area contributed by atoms with E-state index in [9.17, 15) is 25.0 Å². The van der Waals surface area contributed by atoms with E-state index in [0.717, 1.165) is 6.07 Å². The Labute approximate surface area is 132 Å². The fourth-order valence-electron chi connectivity index (χ4n) is 2.35. The summed E-state index contributed by atoms with van der Waals surface area (Å²) in [6, 6.07) is 2.03. The number of carbonyl (C=O) groups is 1. The highest BCUT2D eigenvalue weighted by molar-refractivity contribution is 5.62. The van der Waals surface area contributed by atoms with Crippen LogP contribution < -0.4 is 0 Å². The van der Waals surface area contributed by atoms with E-state index < -0.39 is 38.4 Å². The van der Waals surface area contributed by atoms with Crippen molar-refractivity contribution in [2.24, 2.45) is 0 Å². The molecule has 0 aliphatic carbocycles. The number of nitro benzene ring substituents is 2. The van der Waals surface area contributed by atoms with Crippen LogP contribution in [0.15, 0.2) is 12.1 Å². The second kappa shape index (κ2) is 5.82. The third-order valence-electron chi connectivity index (χ3n) is 3.26. The molecule has 0 atom stereocenters. The van der Waals surface area contributed by atoms with Crippen LogP contribution in [0.3, 0.4) is 0 Å². The van der Waals surface area contributed by atoms with Crippen molar-refractivity contribution in [2.45, 2.75) is 45.6 Å². The van der Waals surface area contributed by atoms with E-state index in [1.54, 1.807) is 20.8 Å². The Morgan fingerprint density at radius 1 is 1.09 bits per heavy atom. The molecule has 0 radical (unpaired) electrons. The standard InChI is InChI=1S/C14H18N2O7/c1-13(2,3)9-6-8(15(19)20)7-10(16(21)22)11(9)14(4,5)23-12(17)18/h6-7H,1-5H3,(H,17,18). The lowest BCUT2D eigenvalue weighted by molar-refractivity contribution is -0.395. The molecule has 0 heterocycles. The molecule has 0 fully saturated rings. The number of rotatable bonds is 4. The van der Waals surface area contributed by atoms with Crippen LogP contribution >= 0.6 is 0 Å². The van der Waals surface area contributed by atoms with E-state index in [1.807, 2.05) is 0 Å². The van der Waals surface area contributed by atoms with Gasteiger partial charge < -0.3 is 9.84 Å². The Bertz CT molecular complexity index is 674. The SMILES string of the molecule is CC(C)(C)c1cc([N+](=O)[O-])cc([N+](=O)[O-])c1C(C)(C)OC(=O)O. The molecule has 23 heavy (non-hydrogen) atoms. The largest absolute Gasteiger partial charge is 0.506 e. The van der Waals surface area contributed by atoms with Crippen LogP contribution in [0.2, 0.25) is 0 Å². The molecular weight excluding hydrogens is 308 g/mol. The lowest BCUT2D eigenvalue weighted by Crippen LogP contribution is -2.30. The molecule has 0 amide bonds. The lowest BCUT2D eigenvalue weighted by atomic mass is 9.78. The molecule has 0 bridgehead atoms. The smallest absolute Gasteiger partial charge is 0.450 e. The van der Waals surface area contributed by atoms with Gasteiger partial charge in [0.2, 0.25) is 0 Å². The number of nitro groups is 2. The van der Waals surface area contributed by atoms with Gasteiger partial charge in [-0.2, -0.15) is 0 Å². The monoisotopic (exact) mass is 326 g/mol. The topological polar surface area (TPSA) is 133 Å². The van der Waals surface area contributed by atoms with E-state index in [-0.39, 0.29) is 11.1 Å². The fourth-order valence-corrected chi connectivity index (χ4v) is 2.35. The number of ether oxygens (including phenoxy) is 1. The number of hydrogen-bond donors (Lipinski definition) is 1. The maximum Gasteiger partial charge on any atom is 0.506 e. The van der Waals surface area contributed by atoms with Gasteiger partial charge in [-0.15, -0.1) is 0 Å². The number of carboxylic acid groups (broad SMARTS) is 1. The van der Waals surface area contributed by atoms with Gasteiger partial charge in [0, 0.05) is 6.07 Å². The fraction of sp³-hybridized carbons (Fsp3) is 0.500. The van der Waals surface area contributed by atoms with Crippen molar-refractivity contribution < 1.29 is 24.5 Å². The summed E-state index contributed by atoms with van der Waals surface area (Å²) in [6.07, 6.45) is -1.59. The van der Waals surface area contributed by atoms with Gasteiger partial charge in [0.25, 0.3) is 11.4 Å². The van der Waals surface area contributed by atoms with E-state index in [1.165, 1.54) is 19.9 Å². The summed E-state index contributed by atoms with van der Waals surface area (Å²) in [6.45, 7) is 7.89. The highest BCUT2D eigenvalue weighted by atomic mass is 16.7. The molecule has 9 nitrogen and oxygen atoms in total. The molecule has 1 N–H and O–H groups in total. The predicted molar refractivity (Wildman–Crippen MR) is 80.6 cm³/mol. The average Bonchev–Trinajstić information content (AvgIpc) is 2.34. The van der Waals surface area contributed by atoms with E-state index >= 15 is 0 Å². The molecule has 1 aromatic rings. The summed E-state index contributed by atoms with van der Waals surface area (Å²) >= 11 is 0. The van der Waals surface area contributed by atoms with Crippen molar-refractivity contribution in [3.63, 3.8) is 0 Å². The first-order valence-electron chi connectivity index (χ1n) is 6.67. The molecule has 0 aromatic heterocycles. The first kappa shape index (κ1) is 18.3. The number of benzene rings is 1. The Morgan fingerprint density at radius 3 is 1.96 bits per heavy atom. The predicted octanol–water partition coefficient (Wildman–Crippen LogP) is 3.73. The second-order valence-corrected chi connectivity index (χ2v) is 6.53. The molecule has 0 aliphatic heterocycles. The molecule has 1 aromatic carbocycles. The van der Waals surface area contributed by atoms with Gasteiger partial charge in [-0.1, -0.05) is 20.8 Å². The van der Waals surface area contributed by atoms with Crippen molar-refractivity contribution in [3.8, 4) is 0 Å². The minimum atomic E-state index is -1.59. The summed E-state index contributed by atoms with van der Waals surface area (Å²) in [5.74, 6) is 0. The molecular formula is C14H18N2O7. The molecule has 0 spiro atoms. The molecule has 1 rings (SSSR count). The van der Waals surface area contributed by atoms with Crippen LogP contribution in [0, 0.1) is 20.2 Å². The summed E-state index contributed by atoms with van der Waals surface area (Å²) in [5, 5.41) is 31.3. The normalized spacial score (nSPS) is 11.9. The average molecular weight is 326 g/mol. The van der Waals surface area contributed by atoms with Crippen LogP contribution in [0.4, 0.5) is 16.2 Å². The zero-order chi connectivity index (χ0) is 18.2. The molecule has 9 heteroatoms. The third kappa shape index (κ3) is 3.93. The number of nitrogens with zero attached hydrogens (tertiary/aromatic N) is 2. The Kier molecular flexibility index (Phi) is 4.64. The Hall–Kier alpha value is -2.71. The van der Waals surface area contributed by atoms with Crippen molar-refractivity contribution >= 4 is 17.5 Å². The van der Waals surface area contributed by atoms with Gasteiger partial charge in [-0.25, -0.2) is 4.79 Å². The van der Waals surface area contributed by atoms with Gasteiger partial charge in [-0.3, -0.25) is 20.2 Å². The van der Waals surface area contributed by atoms with E-state index in [0.29, 0.717) is 0 Å². The number of non-ortho nitro benzene ring substituents is 1. The quantitative estimate of drug-likeness (QED) is 0.506. The second-order valence-electron chi connectivity index (χ2n) is 6.53. The lowest BCUT2D eigenvalue weighted by Gasteiger charge is -2.30. The van der Waals surface area contributed by atoms with Gasteiger partial charge in [0.05, 0.1) is 21.5 Å². The Balaban J connectivity index is 3.87. The van der Waals surface area contributed by atoms with E-state index in [2.05, 4.69) is 0 Å². The molecule has 0 saturated carbocycles. The van der Waals surface area contributed by atoms with Gasteiger partial charge in [0.1, 0.15) is 5.60 Å². The van der Waals surface area contributed by atoms with Crippen molar-refractivity contribution in [3.05, 3.63) is 43.5 Å². The highest BCUT2D eigenvalue weighted by Gasteiger charge is 2.40. The minimum Gasteiger partial charge on any atom is -0.450 e. The summed E-state index contributed by atoms with van der Waals surface area (Å²) in [4.78, 5) is 31.8. The first-order valence-corrected chi connectivity index (χ1v) is 6.67. The summed E-state index contributed by atoms with van der Waals surface area (Å²) in [7, 11) is 0. The van der Waals surface area contributed by atoms with Crippen LogP contribution in [0.1, 0.15) is 45.7 Å². The number of hydrogen-bond acceptors (Lipinski definition) is 6. The summed E-state index contributed by atoms with van der Waals surface area (Å²) < 4.78 is 4.79. The van der Waals surface area contributed by atoms with Crippen LogP contribution in [-0.2, 0) is 15.8 Å². The van der Waals surface area contributed by atoms with E-state index in [4.69, 9.17) is 9.84 Å². The van der Waals surface area contributed by atoms with Crippen LogP contribution in [-0.4, -0.2) is 21.1 Å². The van der Waals surface area contributed by atoms with Crippen molar-refractivity contribution in [1.82, 2.24) is 0 Å². The first-order chi connectivity index (χ1) is 10.3. The maximum atomic E-state index is 11.4. The Morgan fingerprint density at radius 2 is 1.61 bits per heavy atom. The van der Waals surface area contributed by atoms with Gasteiger partial charge in [-0.05, 0) is 24.8 Å². The zero-order valence-corrected chi connectivity index (χ0v) is 13.4. The van der Waals surface area contributed by atoms with Crippen molar-refractivity contribution in [2.75, 3.05) is 0 Å². The minimum absolute atomic E-state index is 0.00278. The molecule has 0 aliphatic rings. The van der Waals surface area contributed by atoms with Crippen LogP contribution in [0.5, 0.6) is 0 Å². The maximum absolute atomic E-state index is 11.4.